The number of para-hydroxylation sites is 1. The van der Waals surface area contributed by atoms with Gasteiger partial charge in [0.2, 0.25) is 17.8 Å². The SMILES string of the molecule is CCCCCCCOC(=O)N1C(=O)CCC(N2C(=O)c3cccc(NCCNC(=O)CN4CCC(c5cc(OC(C)C)c(Nc6ncc(C)c(Nc7ccccc7S(=O)(=O)C(C)C)n6)cc5C)CC4)c3C2=O)C1=O. The van der Waals surface area contributed by atoms with Crippen LogP contribution in [0.3, 0.4) is 0 Å². The van der Waals surface area contributed by atoms with Crippen molar-refractivity contribution >= 4 is 74.3 Å². The van der Waals surface area contributed by atoms with Gasteiger partial charge in [-0.3, -0.25) is 33.8 Å². The topological polar surface area (TPSA) is 239 Å². The first kappa shape index (κ1) is 54.8. The molecule has 6 amide bonds. The zero-order valence-electron chi connectivity index (χ0n) is 43.4. The molecule has 3 aliphatic heterocycles. The minimum absolute atomic E-state index is 0.0446. The number of aryl methyl sites for hydroxylation is 2. The first-order valence-corrected chi connectivity index (χ1v) is 27.2. The molecule has 1 unspecified atom stereocenters. The molecule has 0 aliphatic carbocycles. The Morgan fingerprint density at radius 2 is 1.55 bits per heavy atom. The van der Waals surface area contributed by atoms with Gasteiger partial charge in [-0.1, -0.05) is 50.8 Å². The van der Waals surface area contributed by atoms with Crippen LogP contribution >= 0.6 is 0 Å². The van der Waals surface area contributed by atoms with Crippen molar-refractivity contribution in [1.29, 1.82) is 0 Å². The Bertz CT molecular complexity index is 2870. The summed E-state index contributed by atoms with van der Waals surface area (Å²) in [5.41, 5.74) is 4.56. The molecule has 396 valence electrons. The van der Waals surface area contributed by atoms with E-state index < -0.39 is 50.9 Å². The lowest BCUT2D eigenvalue weighted by Gasteiger charge is -2.33. The fourth-order valence-electron chi connectivity index (χ4n) is 9.46. The molecule has 2 fully saturated rings. The summed E-state index contributed by atoms with van der Waals surface area (Å²) in [7, 11) is -3.57. The summed E-state index contributed by atoms with van der Waals surface area (Å²) in [5.74, 6) is -1.66. The number of rotatable bonds is 22. The van der Waals surface area contributed by atoms with Crippen LogP contribution in [0.1, 0.15) is 136 Å². The summed E-state index contributed by atoms with van der Waals surface area (Å²) >= 11 is 0. The first-order valence-electron chi connectivity index (χ1n) is 25.7. The van der Waals surface area contributed by atoms with Crippen LogP contribution in [0.5, 0.6) is 5.75 Å². The van der Waals surface area contributed by atoms with Crippen molar-refractivity contribution in [3.63, 3.8) is 0 Å². The van der Waals surface area contributed by atoms with Gasteiger partial charge in [0, 0.05) is 37.0 Å². The predicted octanol–water partition coefficient (Wildman–Crippen LogP) is 8.18. The number of fused-ring (bicyclic) bond motifs is 1. The van der Waals surface area contributed by atoms with E-state index in [0.29, 0.717) is 59.0 Å². The van der Waals surface area contributed by atoms with Crippen LogP contribution in [0.25, 0.3) is 0 Å². The second kappa shape index (κ2) is 24.4. The molecule has 4 aromatic rings. The molecule has 1 aromatic heterocycles. The number of nitrogens with zero attached hydrogens (tertiary/aromatic N) is 5. The van der Waals surface area contributed by atoms with Crippen LogP contribution in [0.4, 0.5) is 33.6 Å². The van der Waals surface area contributed by atoms with Crippen LogP contribution in [0.15, 0.2) is 65.7 Å². The minimum atomic E-state index is -3.57. The highest BCUT2D eigenvalue weighted by Gasteiger charge is 2.49. The zero-order valence-corrected chi connectivity index (χ0v) is 44.2. The molecule has 20 heteroatoms. The smallest absolute Gasteiger partial charge is 0.423 e. The Hall–Kier alpha value is -6.93. The van der Waals surface area contributed by atoms with Gasteiger partial charge in [-0.2, -0.15) is 9.88 Å². The van der Waals surface area contributed by atoms with Crippen molar-refractivity contribution in [2.45, 2.75) is 134 Å². The quantitative estimate of drug-likeness (QED) is 0.0429. The van der Waals surface area contributed by atoms with E-state index in [4.69, 9.17) is 14.5 Å². The molecular weight excluding hydrogens is 967 g/mol. The second-order valence-electron chi connectivity index (χ2n) is 19.6. The van der Waals surface area contributed by atoms with Crippen molar-refractivity contribution in [3.8, 4) is 5.75 Å². The Labute approximate surface area is 433 Å². The molecule has 0 bridgehead atoms. The van der Waals surface area contributed by atoms with Gasteiger partial charge in [-0.05, 0) is 134 Å². The van der Waals surface area contributed by atoms with Gasteiger partial charge < -0.3 is 30.7 Å². The number of carbonyl (C=O) groups excluding carboxylic acids is 6. The third-order valence-corrected chi connectivity index (χ3v) is 15.7. The number of benzene rings is 3. The van der Waals surface area contributed by atoms with E-state index in [1.54, 1.807) is 56.4 Å². The Morgan fingerprint density at radius 3 is 2.28 bits per heavy atom. The summed E-state index contributed by atoms with van der Waals surface area (Å²) in [5, 5.41) is 12.1. The predicted molar refractivity (Wildman–Crippen MR) is 281 cm³/mol. The highest BCUT2D eigenvalue weighted by molar-refractivity contribution is 7.92. The Morgan fingerprint density at radius 1 is 0.824 bits per heavy atom. The maximum atomic E-state index is 13.9. The lowest BCUT2D eigenvalue weighted by atomic mass is 9.86. The van der Waals surface area contributed by atoms with Crippen molar-refractivity contribution < 1.29 is 46.7 Å². The molecule has 3 aromatic carbocycles. The molecule has 19 nitrogen and oxygen atoms in total. The molecule has 74 heavy (non-hydrogen) atoms. The van der Waals surface area contributed by atoms with Crippen molar-refractivity contribution in [2.75, 3.05) is 55.3 Å². The molecule has 7 rings (SSSR count). The molecule has 1 atom stereocenters. The fourth-order valence-corrected chi connectivity index (χ4v) is 10.7. The number of ether oxygens (including phenoxy) is 2. The van der Waals surface area contributed by atoms with E-state index in [1.807, 2.05) is 26.8 Å². The largest absolute Gasteiger partial charge is 0.489 e. The lowest BCUT2D eigenvalue weighted by molar-refractivity contribution is -0.149. The van der Waals surface area contributed by atoms with Gasteiger partial charge in [0.1, 0.15) is 17.6 Å². The van der Waals surface area contributed by atoms with Crippen LogP contribution in [0.2, 0.25) is 0 Å². The number of imide groups is 4. The number of amides is 6. The first-order chi connectivity index (χ1) is 35.4. The molecular formula is C54H69N9O10S. The number of anilines is 5. The molecule has 4 N–H and O–H groups in total. The van der Waals surface area contributed by atoms with Gasteiger partial charge in [0.05, 0.1) is 51.9 Å². The Balaban J connectivity index is 0.905. The van der Waals surface area contributed by atoms with Crippen LogP contribution < -0.4 is 26.0 Å². The van der Waals surface area contributed by atoms with E-state index in [0.717, 1.165) is 60.1 Å². The van der Waals surface area contributed by atoms with E-state index in [1.165, 1.54) is 6.07 Å². The van der Waals surface area contributed by atoms with Crippen molar-refractivity contribution in [2.24, 2.45) is 0 Å². The molecule has 0 spiro atoms. The van der Waals surface area contributed by atoms with E-state index in [9.17, 15) is 37.2 Å². The van der Waals surface area contributed by atoms with Crippen LogP contribution in [-0.4, -0.2) is 125 Å². The summed E-state index contributed by atoms with van der Waals surface area (Å²) < 4.78 is 37.9. The number of hydrogen-bond donors (Lipinski definition) is 4. The van der Waals surface area contributed by atoms with Crippen LogP contribution in [-0.2, 0) is 29.0 Å². The summed E-state index contributed by atoms with van der Waals surface area (Å²) in [4.78, 5) is 92.6. The number of aromatic nitrogens is 2. The number of unbranched alkanes of at least 4 members (excludes halogenated alkanes) is 4. The van der Waals surface area contributed by atoms with Gasteiger partial charge in [0.15, 0.2) is 9.84 Å². The number of carbonyl (C=O) groups is 6. The summed E-state index contributed by atoms with van der Waals surface area (Å²) in [6.45, 7) is 15.3. The van der Waals surface area contributed by atoms with Crippen molar-refractivity contribution in [3.05, 3.63) is 88.6 Å². The molecule has 2 saturated heterocycles. The lowest BCUT2D eigenvalue weighted by Crippen LogP contribution is -2.57. The molecule has 0 saturated carbocycles. The minimum Gasteiger partial charge on any atom is -0.489 e. The third kappa shape index (κ3) is 12.7. The standard InChI is InChI=1S/C54H69N9O10S/c1-8-9-10-11-14-28-72-54(69)63-47(65)21-20-43(51(63)67)62-50(66)38-16-15-18-41(48(38)52(62)68)55-24-25-56-46(64)32-61-26-22-37(23-27-61)39-30-44(73-33(2)3)42(29-35(39)6)59-53-57-31-36(7)49(60-53)58-40-17-12-13-19-45(40)74(70,71)34(4)5/h12-13,15-19,29-31,33-34,37,43,55H,8-11,14,20-28,32H2,1-7H3,(H,56,64)(H2,57,58,59,60). The van der Waals surface area contributed by atoms with Gasteiger partial charge in [0.25, 0.3) is 17.7 Å². The maximum Gasteiger partial charge on any atom is 0.423 e. The highest BCUT2D eigenvalue weighted by atomic mass is 32.2. The molecule has 0 radical (unpaired) electrons. The maximum absolute atomic E-state index is 13.9. The van der Waals surface area contributed by atoms with E-state index in [-0.39, 0.29) is 73.0 Å². The average Bonchev–Trinajstić information content (AvgIpc) is 3.62. The molecule has 3 aliphatic rings. The summed E-state index contributed by atoms with van der Waals surface area (Å²) in [6.07, 6.45) is 6.25. The average molecular weight is 1040 g/mol. The van der Waals surface area contributed by atoms with Gasteiger partial charge in [-0.25, -0.2) is 18.2 Å². The third-order valence-electron chi connectivity index (χ3n) is 13.5. The molecule has 4 heterocycles. The number of piperidine rings is 2. The Kier molecular flexibility index (Phi) is 18.1. The number of sulfone groups is 1. The number of nitrogens with one attached hydrogen (secondary N) is 4. The van der Waals surface area contributed by atoms with Gasteiger partial charge in [-0.15, -0.1) is 0 Å². The highest BCUT2D eigenvalue weighted by Crippen LogP contribution is 2.39. The zero-order chi connectivity index (χ0) is 53.3. The van der Waals surface area contributed by atoms with E-state index >= 15 is 0 Å². The van der Waals surface area contributed by atoms with E-state index in [2.05, 4.69) is 51.1 Å². The normalized spacial score (nSPS) is 16.5. The number of hydrogen-bond acceptors (Lipinski definition) is 16. The van der Waals surface area contributed by atoms with Gasteiger partial charge >= 0.3 is 6.09 Å². The second-order valence-corrected chi connectivity index (χ2v) is 22.1. The van der Waals surface area contributed by atoms with Crippen LogP contribution in [0, 0.1) is 13.8 Å². The monoisotopic (exact) mass is 1040 g/mol. The van der Waals surface area contributed by atoms with Crippen molar-refractivity contribution in [1.82, 2.24) is 30.0 Å². The fraction of sp³-hybridized carbons (Fsp3) is 0.481. The summed E-state index contributed by atoms with van der Waals surface area (Å²) in [6, 6.07) is 14.3. The number of likely N-dealkylation sites (tertiary alicyclic amines) is 2.